The second-order valence-corrected chi connectivity index (χ2v) is 5.74. The molecular weight excluding hydrogens is 292 g/mol. The Morgan fingerprint density at radius 3 is 2.48 bits per heavy atom. The third-order valence-electron chi connectivity index (χ3n) is 4.52. The molecule has 1 aliphatic rings. The van der Waals surface area contributed by atoms with Gasteiger partial charge in [-0.05, 0) is 24.0 Å². The molecule has 0 fully saturated rings. The molecule has 4 heteroatoms. The van der Waals surface area contributed by atoms with Crippen molar-refractivity contribution in [1.29, 1.82) is 0 Å². The maximum Gasteiger partial charge on any atom is 0.343 e. The van der Waals surface area contributed by atoms with E-state index in [2.05, 4.69) is 0 Å². The molecule has 0 bridgehead atoms. The Hall–Kier alpha value is -2.46. The van der Waals surface area contributed by atoms with Crippen LogP contribution in [0.2, 0.25) is 0 Å². The van der Waals surface area contributed by atoms with Gasteiger partial charge in [-0.25, -0.2) is 4.79 Å². The van der Waals surface area contributed by atoms with E-state index in [1.165, 1.54) is 7.11 Å². The second-order valence-electron chi connectivity index (χ2n) is 5.74. The largest absolute Gasteiger partial charge is 0.467 e. The van der Waals surface area contributed by atoms with Gasteiger partial charge < -0.3 is 9.84 Å². The molecule has 2 unspecified atom stereocenters. The molecule has 118 valence electrons. The van der Waals surface area contributed by atoms with E-state index < -0.39 is 17.5 Å². The van der Waals surface area contributed by atoms with Crippen molar-refractivity contribution in [2.24, 2.45) is 5.92 Å². The maximum absolute atomic E-state index is 12.9. The average Bonchev–Trinajstić information content (AvgIpc) is 2.61. The van der Waals surface area contributed by atoms with Crippen LogP contribution in [0.1, 0.15) is 27.9 Å². The number of Topliss-reactive ketones (excluding diaryl/α,β-unsaturated/α-hetero) is 1. The minimum absolute atomic E-state index is 0.219. The summed E-state index contributed by atoms with van der Waals surface area (Å²) < 4.78 is 4.82. The first-order valence-electron chi connectivity index (χ1n) is 7.57. The van der Waals surface area contributed by atoms with Gasteiger partial charge in [0.05, 0.1) is 13.0 Å². The average molecular weight is 310 g/mol. The standard InChI is InChI=1S/C19H18O4/c1-23-18(21)19(22,14-8-3-2-4-9-14)16-12-11-13-7-5-6-10-15(13)17(16)20/h2-10,16,22H,11-12H2,1H3. The molecule has 1 aliphatic carbocycles. The predicted molar refractivity (Wildman–Crippen MR) is 84.9 cm³/mol. The number of ether oxygens (including phenoxy) is 1. The van der Waals surface area contributed by atoms with E-state index in [-0.39, 0.29) is 5.78 Å². The zero-order valence-electron chi connectivity index (χ0n) is 12.9. The topological polar surface area (TPSA) is 63.6 Å². The molecule has 0 heterocycles. The summed E-state index contributed by atoms with van der Waals surface area (Å²) in [7, 11) is 1.22. The zero-order valence-corrected chi connectivity index (χ0v) is 12.9. The van der Waals surface area contributed by atoms with Crippen molar-refractivity contribution >= 4 is 11.8 Å². The van der Waals surface area contributed by atoms with Crippen molar-refractivity contribution in [1.82, 2.24) is 0 Å². The van der Waals surface area contributed by atoms with Gasteiger partial charge in [0.25, 0.3) is 0 Å². The Morgan fingerprint density at radius 2 is 1.78 bits per heavy atom. The Labute approximate surface area is 134 Å². The molecule has 0 radical (unpaired) electrons. The lowest BCUT2D eigenvalue weighted by molar-refractivity contribution is -0.168. The fourth-order valence-electron chi connectivity index (χ4n) is 3.31. The molecule has 2 atom stereocenters. The summed E-state index contributed by atoms with van der Waals surface area (Å²) in [6.45, 7) is 0. The maximum atomic E-state index is 12.9. The van der Waals surface area contributed by atoms with Crippen LogP contribution in [0.3, 0.4) is 0 Å². The zero-order chi connectivity index (χ0) is 16.4. The van der Waals surface area contributed by atoms with Gasteiger partial charge in [0.15, 0.2) is 11.4 Å². The quantitative estimate of drug-likeness (QED) is 0.885. The third-order valence-corrected chi connectivity index (χ3v) is 4.52. The number of esters is 1. The lowest BCUT2D eigenvalue weighted by atomic mass is 9.70. The number of carbonyl (C=O) groups is 2. The Morgan fingerprint density at radius 1 is 1.13 bits per heavy atom. The van der Waals surface area contributed by atoms with Crippen LogP contribution in [0.4, 0.5) is 0 Å². The minimum atomic E-state index is -1.97. The summed E-state index contributed by atoms with van der Waals surface area (Å²) in [6, 6.07) is 15.9. The molecule has 0 spiro atoms. The number of hydrogen-bond acceptors (Lipinski definition) is 4. The molecule has 4 nitrogen and oxygen atoms in total. The summed E-state index contributed by atoms with van der Waals surface area (Å²) in [5.41, 5.74) is -0.0683. The number of benzene rings is 2. The molecule has 2 aromatic rings. The Kier molecular flexibility index (Phi) is 4.01. The minimum Gasteiger partial charge on any atom is -0.467 e. The van der Waals surface area contributed by atoms with E-state index in [0.717, 1.165) is 5.56 Å². The first kappa shape index (κ1) is 15.4. The Balaban J connectivity index is 2.09. The van der Waals surface area contributed by atoms with E-state index in [1.54, 1.807) is 42.5 Å². The van der Waals surface area contributed by atoms with Crippen molar-refractivity contribution in [3.05, 3.63) is 71.3 Å². The van der Waals surface area contributed by atoms with Gasteiger partial charge in [0, 0.05) is 5.56 Å². The van der Waals surface area contributed by atoms with Crippen LogP contribution in [-0.4, -0.2) is 24.0 Å². The van der Waals surface area contributed by atoms with Gasteiger partial charge >= 0.3 is 5.97 Å². The highest BCUT2D eigenvalue weighted by molar-refractivity contribution is 6.04. The van der Waals surface area contributed by atoms with Crippen LogP contribution < -0.4 is 0 Å². The molecule has 0 saturated carbocycles. The number of fused-ring (bicyclic) bond motifs is 1. The number of methoxy groups -OCH3 is 1. The van der Waals surface area contributed by atoms with Crippen molar-refractivity contribution in [2.45, 2.75) is 18.4 Å². The number of rotatable bonds is 3. The van der Waals surface area contributed by atoms with Gasteiger partial charge in [0.2, 0.25) is 0 Å². The molecular formula is C19H18O4. The van der Waals surface area contributed by atoms with Gasteiger partial charge in [-0.2, -0.15) is 0 Å². The van der Waals surface area contributed by atoms with E-state index in [1.807, 2.05) is 12.1 Å². The predicted octanol–water partition coefficient (Wildman–Crippen LogP) is 2.49. The highest BCUT2D eigenvalue weighted by atomic mass is 16.5. The van der Waals surface area contributed by atoms with Crippen LogP contribution in [0.25, 0.3) is 0 Å². The molecule has 0 amide bonds. The molecule has 23 heavy (non-hydrogen) atoms. The number of hydrogen-bond donors (Lipinski definition) is 1. The van der Waals surface area contributed by atoms with Crippen LogP contribution in [0.15, 0.2) is 54.6 Å². The lowest BCUT2D eigenvalue weighted by Gasteiger charge is -2.35. The van der Waals surface area contributed by atoms with Crippen LogP contribution in [0.5, 0.6) is 0 Å². The monoisotopic (exact) mass is 310 g/mol. The molecule has 3 rings (SSSR count). The van der Waals surface area contributed by atoms with E-state index in [9.17, 15) is 14.7 Å². The summed E-state index contributed by atoms with van der Waals surface area (Å²) in [5, 5.41) is 11.2. The smallest absolute Gasteiger partial charge is 0.343 e. The first-order valence-corrected chi connectivity index (χ1v) is 7.57. The SMILES string of the molecule is COC(=O)C(O)(c1ccccc1)C1CCc2ccccc2C1=O. The summed E-state index contributed by atoms with van der Waals surface area (Å²) in [4.78, 5) is 25.3. The summed E-state index contributed by atoms with van der Waals surface area (Å²) in [5.74, 6) is -1.88. The summed E-state index contributed by atoms with van der Waals surface area (Å²) in [6.07, 6.45) is 1.04. The number of ketones is 1. The molecule has 0 aromatic heterocycles. The van der Waals surface area contributed by atoms with Crippen LogP contribution in [0, 0.1) is 5.92 Å². The first-order chi connectivity index (χ1) is 11.1. The number of aliphatic hydroxyl groups is 1. The van der Waals surface area contributed by atoms with E-state index >= 15 is 0 Å². The molecule has 2 aromatic carbocycles. The van der Waals surface area contributed by atoms with Gasteiger partial charge in [-0.15, -0.1) is 0 Å². The van der Waals surface area contributed by atoms with Crippen molar-refractivity contribution < 1.29 is 19.4 Å². The van der Waals surface area contributed by atoms with E-state index in [0.29, 0.717) is 24.0 Å². The summed E-state index contributed by atoms with van der Waals surface area (Å²) >= 11 is 0. The Bertz CT molecular complexity index is 738. The fraction of sp³-hybridized carbons (Fsp3) is 0.263. The van der Waals surface area contributed by atoms with Crippen LogP contribution >= 0.6 is 0 Å². The van der Waals surface area contributed by atoms with Gasteiger partial charge in [-0.3, -0.25) is 4.79 Å². The van der Waals surface area contributed by atoms with Crippen LogP contribution in [-0.2, 0) is 21.6 Å². The second kappa shape index (κ2) is 5.97. The number of aryl methyl sites for hydroxylation is 1. The number of carbonyl (C=O) groups excluding carboxylic acids is 2. The lowest BCUT2D eigenvalue weighted by Crippen LogP contribution is -2.48. The fourth-order valence-corrected chi connectivity index (χ4v) is 3.31. The van der Waals surface area contributed by atoms with Crippen molar-refractivity contribution in [3.63, 3.8) is 0 Å². The molecule has 1 N–H and O–H groups in total. The van der Waals surface area contributed by atoms with Crippen molar-refractivity contribution in [2.75, 3.05) is 7.11 Å². The molecule has 0 aliphatic heterocycles. The van der Waals surface area contributed by atoms with Gasteiger partial charge in [0.1, 0.15) is 0 Å². The molecule has 0 saturated heterocycles. The van der Waals surface area contributed by atoms with Gasteiger partial charge in [-0.1, -0.05) is 54.6 Å². The normalized spacial score (nSPS) is 19.6. The van der Waals surface area contributed by atoms with Crippen molar-refractivity contribution in [3.8, 4) is 0 Å². The highest BCUT2D eigenvalue weighted by Crippen LogP contribution is 2.39. The highest BCUT2D eigenvalue weighted by Gasteiger charge is 2.51. The van der Waals surface area contributed by atoms with E-state index in [4.69, 9.17) is 4.74 Å². The third kappa shape index (κ3) is 2.45.